The molecule has 1 saturated carbocycles. The van der Waals surface area contributed by atoms with Crippen molar-refractivity contribution in [1.29, 1.82) is 0 Å². The molecule has 2 fully saturated rings. The van der Waals surface area contributed by atoms with Crippen molar-refractivity contribution in [1.82, 2.24) is 5.06 Å². The van der Waals surface area contributed by atoms with Crippen LogP contribution in [0.5, 0.6) is 0 Å². The van der Waals surface area contributed by atoms with E-state index in [1.807, 2.05) is 12.0 Å². The van der Waals surface area contributed by atoms with Gasteiger partial charge in [0, 0.05) is 19.1 Å². The van der Waals surface area contributed by atoms with Gasteiger partial charge in [0.05, 0.1) is 12.6 Å². The third-order valence-corrected chi connectivity index (χ3v) is 3.56. The minimum atomic E-state index is -0.149. The van der Waals surface area contributed by atoms with Gasteiger partial charge in [-0.1, -0.05) is 19.3 Å². The first-order chi connectivity index (χ1) is 7.85. The highest BCUT2D eigenvalue weighted by molar-refractivity contribution is 4.81. The highest BCUT2D eigenvalue weighted by atomic mass is 16.8. The first kappa shape index (κ1) is 12.3. The van der Waals surface area contributed by atoms with Gasteiger partial charge in [0.2, 0.25) is 0 Å². The van der Waals surface area contributed by atoms with Gasteiger partial charge in [-0.3, -0.25) is 4.84 Å². The maximum absolute atomic E-state index is 9.38. The summed E-state index contributed by atoms with van der Waals surface area (Å²) in [4.78, 5) is 5.80. The van der Waals surface area contributed by atoms with Crippen LogP contribution in [0.15, 0.2) is 0 Å². The Kier molecular flexibility index (Phi) is 4.58. The lowest BCUT2D eigenvalue weighted by atomic mass is 9.94. The number of hydrogen-bond acceptors (Lipinski definition) is 4. The quantitative estimate of drug-likeness (QED) is 0.796. The zero-order chi connectivity index (χ0) is 11.4. The molecule has 0 amide bonds. The molecule has 0 aromatic carbocycles. The highest BCUT2D eigenvalue weighted by Gasteiger charge is 2.38. The van der Waals surface area contributed by atoms with Crippen molar-refractivity contribution < 1.29 is 14.7 Å². The molecule has 1 N–H and O–H groups in total. The molecule has 1 heterocycles. The number of nitrogens with zero attached hydrogens (tertiary/aromatic N) is 1. The van der Waals surface area contributed by atoms with Crippen LogP contribution in [0.25, 0.3) is 0 Å². The predicted octanol–water partition coefficient (Wildman–Crippen LogP) is 1.68. The Labute approximate surface area is 97.5 Å². The lowest BCUT2D eigenvalue weighted by Gasteiger charge is -2.32. The van der Waals surface area contributed by atoms with Crippen molar-refractivity contribution >= 4 is 0 Å². The third kappa shape index (κ3) is 2.74. The molecule has 0 spiro atoms. The Bertz CT molecular complexity index is 206. The second-order valence-corrected chi connectivity index (χ2v) is 4.71. The molecule has 94 valence electrons. The van der Waals surface area contributed by atoms with Crippen LogP contribution in [-0.4, -0.2) is 41.8 Å². The van der Waals surface area contributed by atoms with Gasteiger partial charge in [-0.05, 0) is 19.8 Å². The molecule has 4 heteroatoms. The number of aliphatic hydroxyl groups excluding tert-OH is 1. The van der Waals surface area contributed by atoms with Crippen molar-refractivity contribution in [2.45, 2.75) is 63.8 Å². The molecule has 1 aliphatic carbocycles. The van der Waals surface area contributed by atoms with Gasteiger partial charge in [-0.2, -0.15) is 5.06 Å². The van der Waals surface area contributed by atoms with E-state index in [4.69, 9.17) is 9.57 Å². The minimum absolute atomic E-state index is 0.125. The zero-order valence-corrected chi connectivity index (χ0v) is 10.1. The Morgan fingerprint density at radius 2 is 2.06 bits per heavy atom. The number of hydroxylamine groups is 2. The van der Waals surface area contributed by atoms with E-state index in [9.17, 15) is 5.11 Å². The fourth-order valence-electron chi connectivity index (χ4n) is 2.75. The number of aliphatic hydroxyl groups is 1. The summed E-state index contributed by atoms with van der Waals surface area (Å²) >= 11 is 0. The summed E-state index contributed by atoms with van der Waals surface area (Å²) in [6.07, 6.45) is 6.92. The van der Waals surface area contributed by atoms with Crippen molar-refractivity contribution in [2.24, 2.45) is 0 Å². The molecule has 1 aliphatic heterocycles. The first-order valence-electron chi connectivity index (χ1n) is 6.52. The van der Waals surface area contributed by atoms with Gasteiger partial charge in [0.1, 0.15) is 0 Å². The summed E-state index contributed by atoms with van der Waals surface area (Å²) in [5, 5.41) is 11.4. The van der Waals surface area contributed by atoms with E-state index in [-0.39, 0.29) is 18.9 Å². The summed E-state index contributed by atoms with van der Waals surface area (Å²) < 4.78 is 5.48. The van der Waals surface area contributed by atoms with Crippen LogP contribution < -0.4 is 0 Å². The molecule has 2 aliphatic rings. The fourth-order valence-corrected chi connectivity index (χ4v) is 2.75. The number of rotatable bonds is 4. The standard InChI is InChI=1S/C12H23NO3/c1-2-15-12-8-11(9-14)13(16-12)10-6-4-3-5-7-10/h10-12,14H,2-9H2,1H3/t11-,12+/m1/s1. The fraction of sp³-hybridized carbons (Fsp3) is 1.00. The van der Waals surface area contributed by atoms with E-state index in [0.29, 0.717) is 12.6 Å². The van der Waals surface area contributed by atoms with Crippen LogP contribution in [-0.2, 0) is 9.57 Å². The molecular weight excluding hydrogens is 206 g/mol. The van der Waals surface area contributed by atoms with Crippen LogP contribution in [0.1, 0.15) is 45.4 Å². The Hall–Kier alpha value is -0.160. The zero-order valence-electron chi connectivity index (χ0n) is 10.1. The molecule has 4 nitrogen and oxygen atoms in total. The maximum Gasteiger partial charge on any atom is 0.179 e. The molecular formula is C12H23NO3. The van der Waals surface area contributed by atoms with Crippen LogP contribution >= 0.6 is 0 Å². The van der Waals surface area contributed by atoms with Gasteiger partial charge in [-0.15, -0.1) is 0 Å². The van der Waals surface area contributed by atoms with Gasteiger partial charge in [0.15, 0.2) is 6.29 Å². The first-order valence-corrected chi connectivity index (χ1v) is 6.52. The van der Waals surface area contributed by atoms with E-state index < -0.39 is 0 Å². The number of hydrogen-bond donors (Lipinski definition) is 1. The highest BCUT2D eigenvalue weighted by Crippen LogP contribution is 2.31. The third-order valence-electron chi connectivity index (χ3n) is 3.56. The molecule has 2 rings (SSSR count). The van der Waals surface area contributed by atoms with Gasteiger partial charge in [-0.25, -0.2) is 0 Å². The monoisotopic (exact) mass is 229 g/mol. The summed E-state index contributed by atoms with van der Waals surface area (Å²) in [6, 6.07) is 0.607. The minimum Gasteiger partial charge on any atom is -0.395 e. The molecule has 1 saturated heterocycles. The SMILES string of the molecule is CCO[C@@H]1C[C@H](CO)N(C2CCCCC2)O1. The topological polar surface area (TPSA) is 41.9 Å². The largest absolute Gasteiger partial charge is 0.395 e. The molecule has 2 atom stereocenters. The number of ether oxygens (including phenoxy) is 1. The summed E-state index contributed by atoms with van der Waals surface area (Å²) in [6.45, 7) is 2.81. The van der Waals surface area contributed by atoms with Crippen molar-refractivity contribution in [3.63, 3.8) is 0 Å². The molecule has 0 unspecified atom stereocenters. The second-order valence-electron chi connectivity index (χ2n) is 4.71. The van der Waals surface area contributed by atoms with E-state index in [2.05, 4.69) is 0 Å². The molecule has 0 radical (unpaired) electrons. The average Bonchev–Trinajstić information content (AvgIpc) is 2.74. The summed E-state index contributed by atoms with van der Waals surface area (Å²) in [5.74, 6) is 0. The molecule has 0 aromatic rings. The summed E-state index contributed by atoms with van der Waals surface area (Å²) in [7, 11) is 0. The average molecular weight is 229 g/mol. The Morgan fingerprint density at radius 1 is 1.31 bits per heavy atom. The Morgan fingerprint density at radius 3 is 2.69 bits per heavy atom. The lowest BCUT2D eigenvalue weighted by molar-refractivity contribution is -0.259. The van der Waals surface area contributed by atoms with Crippen molar-refractivity contribution in [3.05, 3.63) is 0 Å². The van der Waals surface area contributed by atoms with Crippen molar-refractivity contribution in [2.75, 3.05) is 13.2 Å². The summed E-state index contributed by atoms with van der Waals surface area (Å²) in [5.41, 5.74) is 0. The van der Waals surface area contributed by atoms with Crippen LogP contribution in [0.3, 0.4) is 0 Å². The van der Waals surface area contributed by atoms with E-state index in [1.165, 1.54) is 32.1 Å². The van der Waals surface area contributed by atoms with E-state index >= 15 is 0 Å². The molecule has 16 heavy (non-hydrogen) atoms. The van der Waals surface area contributed by atoms with E-state index in [0.717, 1.165) is 6.42 Å². The second kappa shape index (κ2) is 5.96. The van der Waals surface area contributed by atoms with Gasteiger partial charge in [0.25, 0.3) is 0 Å². The van der Waals surface area contributed by atoms with E-state index in [1.54, 1.807) is 0 Å². The molecule has 0 bridgehead atoms. The molecule has 0 aromatic heterocycles. The maximum atomic E-state index is 9.38. The Balaban J connectivity index is 1.90. The van der Waals surface area contributed by atoms with Crippen LogP contribution in [0.2, 0.25) is 0 Å². The van der Waals surface area contributed by atoms with Crippen LogP contribution in [0.4, 0.5) is 0 Å². The smallest absolute Gasteiger partial charge is 0.179 e. The van der Waals surface area contributed by atoms with Crippen LogP contribution in [0, 0.1) is 0 Å². The van der Waals surface area contributed by atoms with Gasteiger partial charge >= 0.3 is 0 Å². The normalized spacial score (nSPS) is 33.4. The van der Waals surface area contributed by atoms with Gasteiger partial charge < -0.3 is 9.84 Å². The van der Waals surface area contributed by atoms with Crippen molar-refractivity contribution in [3.8, 4) is 0 Å². The lowest BCUT2D eigenvalue weighted by Crippen LogP contribution is -2.41. The predicted molar refractivity (Wildman–Crippen MR) is 60.7 cm³/mol.